The highest BCUT2D eigenvalue weighted by Crippen LogP contribution is 2.36. The zero-order chi connectivity index (χ0) is 18.8. The maximum absolute atomic E-state index is 5.07. The second-order valence-electron chi connectivity index (χ2n) is 7.97. The molecule has 2 nitrogen and oxygen atoms in total. The van der Waals surface area contributed by atoms with E-state index in [-0.39, 0.29) is 0 Å². The Hall–Kier alpha value is -1.31. The average molecular weight is 357 g/mol. The van der Waals surface area contributed by atoms with Crippen LogP contribution in [0.5, 0.6) is 0 Å². The van der Waals surface area contributed by atoms with Crippen molar-refractivity contribution in [2.24, 2.45) is 0 Å². The molecule has 0 saturated heterocycles. The summed E-state index contributed by atoms with van der Waals surface area (Å²) in [6.45, 7) is 9.18. The van der Waals surface area contributed by atoms with E-state index in [0.29, 0.717) is 11.8 Å². The van der Waals surface area contributed by atoms with Crippen molar-refractivity contribution in [2.45, 2.75) is 110 Å². The summed E-state index contributed by atoms with van der Waals surface area (Å²) in [4.78, 5) is 8.64. The SMILES string of the molecule is CCCCC(CCC)c1ncc(C(CCCC)CCCC)c2[nH]ccc12. The Balaban J connectivity index is 2.36. The molecule has 0 spiro atoms. The Kier molecular flexibility index (Phi) is 9.22. The first kappa shape index (κ1) is 21.0. The normalized spacial score (nSPS) is 13.0. The number of hydrogen-bond donors (Lipinski definition) is 1. The number of rotatable bonds is 13. The van der Waals surface area contributed by atoms with Gasteiger partial charge >= 0.3 is 0 Å². The molecule has 0 saturated carbocycles. The van der Waals surface area contributed by atoms with Crippen molar-refractivity contribution in [3.8, 4) is 0 Å². The molecule has 0 amide bonds. The number of hydrogen-bond acceptors (Lipinski definition) is 1. The molecule has 2 aromatic heterocycles. The highest BCUT2D eigenvalue weighted by Gasteiger charge is 2.20. The molecule has 0 aliphatic heterocycles. The molecule has 26 heavy (non-hydrogen) atoms. The minimum atomic E-state index is 0.608. The second-order valence-corrected chi connectivity index (χ2v) is 7.97. The zero-order valence-electron chi connectivity index (χ0n) is 17.6. The van der Waals surface area contributed by atoms with Gasteiger partial charge in [0.25, 0.3) is 0 Å². The standard InChI is InChI=1S/C24H40N2/c1-5-9-13-19(14-10-6-2)22-18-26-23(21-16-17-25-24(21)22)20(12-8-4)15-11-7-3/h16-20,25H,5-15H2,1-4H3. The monoisotopic (exact) mass is 356 g/mol. The van der Waals surface area contributed by atoms with E-state index < -0.39 is 0 Å². The van der Waals surface area contributed by atoms with Crippen LogP contribution in [-0.4, -0.2) is 9.97 Å². The Labute approximate surface area is 161 Å². The first-order valence-electron chi connectivity index (χ1n) is 11.2. The summed E-state index contributed by atoms with van der Waals surface area (Å²) >= 11 is 0. The fourth-order valence-corrected chi connectivity index (χ4v) is 4.30. The van der Waals surface area contributed by atoms with Gasteiger partial charge in [-0.2, -0.15) is 0 Å². The molecule has 0 fully saturated rings. The minimum absolute atomic E-state index is 0.608. The van der Waals surface area contributed by atoms with Crippen molar-refractivity contribution in [1.82, 2.24) is 9.97 Å². The van der Waals surface area contributed by atoms with E-state index in [1.54, 1.807) is 0 Å². The molecule has 146 valence electrons. The summed E-state index contributed by atoms with van der Waals surface area (Å²) in [7, 11) is 0. The van der Waals surface area contributed by atoms with Gasteiger partial charge < -0.3 is 4.98 Å². The van der Waals surface area contributed by atoms with Gasteiger partial charge in [0, 0.05) is 23.7 Å². The third kappa shape index (κ3) is 5.34. The van der Waals surface area contributed by atoms with Crippen LogP contribution in [0.1, 0.15) is 121 Å². The van der Waals surface area contributed by atoms with Crippen LogP contribution in [0.25, 0.3) is 10.9 Å². The van der Waals surface area contributed by atoms with Crippen molar-refractivity contribution >= 4 is 10.9 Å². The zero-order valence-corrected chi connectivity index (χ0v) is 17.6. The van der Waals surface area contributed by atoms with E-state index in [1.165, 1.54) is 92.8 Å². The number of fused-ring (bicyclic) bond motifs is 1. The Morgan fingerprint density at radius 3 is 2.00 bits per heavy atom. The summed E-state index contributed by atoms with van der Waals surface area (Å²) in [6, 6.07) is 2.27. The minimum Gasteiger partial charge on any atom is -0.361 e. The van der Waals surface area contributed by atoms with E-state index in [9.17, 15) is 0 Å². The topological polar surface area (TPSA) is 28.7 Å². The lowest BCUT2D eigenvalue weighted by Gasteiger charge is -2.21. The summed E-state index contributed by atoms with van der Waals surface area (Å²) in [5, 5.41) is 1.38. The lowest BCUT2D eigenvalue weighted by Crippen LogP contribution is -2.06. The third-order valence-corrected chi connectivity index (χ3v) is 5.84. The van der Waals surface area contributed by atoms with E-state index in [1.807, 2.05) is 0 Å². The Morgan fingerprint density at radius 1 is 0.808 bits per heavy atom. The molecule has 0 aromatic carbocycles. The van der Waals surface area contributed by atoms with Crippen molar-refractivity contribution in [3.05, 3.63) is 29.7 Å². The average Bonchev–Trinajstić information content (AvgIpc) is 3.15. The summed E-state index contributed by atoms with van der Waals surface area (Å²) in [5.41, 5.74) is 4.16. The Morgan fingerprint density at radius 2 is 1.42 bits per heavy atom. The highest BCUT2D eigenvalue weighted by atomic mass is 14.7. The fourth-order valence-electron chi connectivity index (χ4n) is 4.30. The molecule has 1 unspecified atom stereocenters. The quantitative estimate of drug-likeness (QED) is 0.386. The largest absolute Gasteiger partial charge is 0.361 e. The Bertz CT molecular complexity index is 620. The molecular weight excluding hydrogens is 316 g/mol. The van der Waals surface area contributed by atoms with Crippen molar-refractivity contribution in [1.29, 1.82) is 0 Å². The number of nitrogens with one attached hydrogen (secondary N) is 1. The number of nitrogens with zero attached hydrogens (tertiary/aromatic N) is 1. The van der Waals surface area contributed by atoms with Gasteiger partial charge in [0.05, 0.1) is 11.2 Å². The molecule has 0 bridgehead atoms. The van der Waals surface area contributed by atoms with Crippen LogP contribution in [0.4, 0.5) is 0 Å². The van der Waals surface area contributed by atoms with E-state index >= 15 is 0 Å². The lowest BCUT2D eigenvalue weighted by molar-refractivity contribution is 0.521. The van der Waals surface area contributed by atoms with Crippen LogP contribution in [-0.2, 0) is 0 Å². The highest BCUT2D eigenvalue weighted by molar-refractivity contribution is 5.85. The lowest BCUT2D eigenvalue weighted by atomic mass is 9.86. The van der Waals surface area contributed by atoms with Gasteiger partial charge in [0.15, 0.2) is 0 Å². The maximum Gasteiger partial charge on any atom is 0.0528 e. The van der Waals surface area contributed by atoms with Gasteiger partial charge in [-0.25, -0.2) is 0 Å². The van der Waals surface area contributed by atoms with Crippen LogP contribution >= 0.6 is 0 Å². The number of H-pyrrole nitrogens is 1. The summed E-state index contributed by atoms with van der Waals surface area (Å²) in [6.07, 6.45) is 18.4. The van der Waals surface area contributed by atoms with Crippen LogP contribution in [0, 0.1) is 0 Å². The molecule has 2 rings (SSSR count). The van der Waals surface area contributed by atoms with Gasteiger partial charge in [-0.15, -0.1) is 0 Å². The summed E-state index contributed by atoms with van der Waals surface area (Å²) < 4.78 is 0. The van der Waals surface area contributed by atoms with Crippen molar-refractivity contribution in [3.63, 3.8) is 0 Å². The van der Waals surface area contributed by atoms with Gasteiger partial charge in [-0.05, 0) is 43.2 Å². The van der Waals surface area contributed by atoms with Crippen LogP contribution < -0.4 is 0 Å². The molecule has 0 radical (unpaired) electrons. The summed E-state index contributed by atoms with van der Waals surface area (Å²) in [5.74, 6) is 1.26. The number of unbranched alkanes of at least 4 members (excludes halogenated alkanes) is 3. The molecule has 2 aromatic rings. The number of aromatic amines is 1. The number of pyridine rings is 1. The molecule has 1 N–H and O–H groups in total. The predicted molar refractivity (Wildman–Crippen MR) is 115 cm³/mol. The molecule has 2 heterocycles. The van der Waals surface area contributed by atoms with E-state index in [4.69, 9.17) is 4.98 Å². The van der Waals surface area contributed by atoms with Gasteiger partial charge in [-0.1, -0.05) is 72.6 Å². The van der Waals surface area contributed by atoms with E-state index in [2.05, 4.69) is 51.1 Å². The van der Waals surface area contributed by atoms with Crippen molar-refractivity contribution in [2.75, 3.05) is 0 Å². The smallest absolute Gasteiger partial charge is 0.0528 e. The van der Waals surface area contributed by atoms with Crippen molar-refractivity contribution < 1.29 is 0 Å². The van der Waals surface area contributed by atoms with Gasteiger partial charge in [-0.3, -0.25) is 4.98 Å². The number of aromatic nitrogens is 2. The first-order valence-corrected chi connectivity index (χ1v) is 11.2. The maximum atomic E-state index is 5.07. The van der Waals surface area contributed by atoms with Gasteiger partial charge in [0.1, 0.15) is 0 Å². The second kappa shape index (κ2) is 11.4. The first-order chi connectivity index (χ1) is 12.8. The molecule has 0 aliphatic rings. The predicted octanol–water partition coefficient (Wildman–Crippen LogP) is 8.10. The van der Waals surface area contributed by atoms with Crippen LogP contribution in [0.2, 0.25) is 0 Å². The molecule has 1 atom stereocenters. The van der Waals surface area contributed by atoms with Gasteiger partial charge in [0.2, 0.25) is 0 Å². The fraction of sp³-hybridized carbons (Fsp3) is 0.708. The van der Waals surface area contributed by atoms with Crippen LogP contribution in [0.3, 0.4) is 0 Å². The van der Waals surface area contributed by atoms with Crippen LogP contribution in [0.15, 0.2) is 18.5 Å². The molecule has 0 aliphatic carbocycles. The molecule has 2 heteroatoms. The molecular formula is C24H40N2. The third-order valence-electron chi connectivity index (χ3n) is 5.84. The van der Waals surface area contributed by atoms with E-state index in [0.717, 1.165) is 0 Å².